The lowest BCUT2D eigenvalue weighted by Gasteiger charge is -2.24. The first-order valence-corrected chi connectivity index (χ1v) is 4.00. The van der Waals surface area contributed by atoms with Crippen molar-refractivity contribution in [1.82, 2.24) is 0 Å². The molecule has 11 heavy (non-hydrogen) atoms. The van der Waals surface area contributed by atoms with Gasteiger partial charge >= 0.3 is 0 Å². The van der Waals surface area contributed by atoms with Crippen LogP contribution in [-0.2, 0) is 4.79 Å². The van der Waals surface area contributed by atoms with E-state index in [0.29, 0.717) is 0 Å². The van der Waals surface area contributed by atoms with Crippen molar-refractivity contribution in [3.63, 3.8) is 0 Å². The summed E-state index contributed by atoms with van der Waals surface area (Å²) in [5, 5.41) is 0. The predicted octanol–water partition coefficient (Wildman–Crippen LogP) is 1.19. The number of aldehydes is 1. The molecule has 0 aromatic rings. The summed E-state index contributed by atoms with van der Waals surface area (Å²) in [6, 6.07) is 0. The van der Waals surface area contributed by atoms with E-state index in [1.807, 2.05) is 0 Å². The van der Waals surface area contributed by atoms with Crippen LogP contribution in [-0.4, -0.2) is 31.9 Å². The van der Waals surface area contributed by atoms with E-state index in [0.717, 1.165) is 23.6 Å². The molecule has 0 bridgehead atoms. The van der Waals surface area contributed by atoms with Crippen LogP contribution in [0, 0.1) is 5.92 Å². The summed E-state index contributed by atoms with van der Waals surface area (Å²) in [6.07, 6.45) is 5.15. The second-order valence-electron chi connectivity index (χ2n) is 4.04. The number of carbonyl (C=O) groups excluding carboxylic acids is 1. The highest BCUT2D eigenvalue weighted by atomic mass is 16.1. The fourth-order valence-electron chi connectivity index (χ4n) is 1.37. The van der Waals surface area contributed by atoms with Gasteiger partial charge in [-0.3, -0.25) is 0 Å². The maximum atomic E-state index is 10.4. The third-order valence-electron chi connectivity index (χ3n) is 2.18. The van der Waals surface area contributed by atoms with E-state index in [2.05, 4.69) is 27.2 Å². The van der Waals surface area contributed by atoms with Gasteiger partial charge in [0.1, 0.15) is 12.0 Å². The Morgan fingerprint density at radius 1 is 1.55 bits per heavy atom. The molecule has 0 radical (unpaired) electrons. The average Bonchev–Trinajstić information content (AvgIpc) is 2.32. The number of quaternary nitrogens is 1. The monoisotopic (exact) mass is 154 g/mol. The van der Waals surface area contributed by atoms with E-state index in [4.69, 9.17) is 0 Å². The zero-order chi connectivity index (χ0) is 8.48. The van der Waals surface area contributed by atoms with Gasteiger partial charge in [-0.1, -0.05) is 0 Å². The van der Waals surface area contributed by atoms with Crippen LogP contribution in [0.4, 0.5) is 0 Å². The van der Waals surface area contributed by atoms with Crippen LogP contribution in [0.1, 0.15) is 12.8 Å². The highest BCUT2D eigenvalue weighted by Crippen LogP contribution is 2.27. The Morgan fingerprint density at radius 3 is 2.45 bits per heavy atom. The average molecular weight is 154 g/mol. The molecule has 0 saturated carbocycles. The summed E-state index contributed by atoms with van der Waals surface area (Å²) in [6.45, 7) is 0. The van der Waals surface area contributed by atoms with Crippen LogP contribution in [0.25, 0.3) is 0 Å². The van der Waals surface area contributed by atoms with Gasteiger partial charge in [0.05, 0.1) is 21.1 Å². The minimum Gasteiger partial charge on any atom is -0.303 e. The smallest absolute Gasteiger partial charge is 0.123 e. The zero-order valence-electron chi connectivity index (χ0n) is 7.50. The summed E-state index contributed by atoms with van der Waals surface area (Å²) in [5.74, 6) is 0.252. The zero-order valence-corrected chi connectivity index (χ0v) is 7.50. The molecule has 0 saturated heterocycles. The first kappa shape index (κ1) is 8.47. The van der Waals surface area contributed by atoms with Crippen LogP contribution >= 0.6 is 0 Å². The Labute approximate surface area is 68.1 Å². The second-order valence-corrected chi connectivity index (χ2v) is 4.04. The lowest BCUT2D eigenvalue weighted by molar-refractivity contribution is -0.832. The van der Waals surface area contributed by atoms with Gasteiger partial charge in [-0.05, 0) is 12.5 Å². The van der Waals surface area contributed by atoms with Crippen molar-refractivity contribution in [1.29, 1.82) is 0 Å². The fourth-order valence-corrected chi connectivity index (χ4v) is 1.37. The first-order chi connectivity index (χ1) is 5.04. The van der Waals surface area contributed by atoms with Crippen molar-refractivity contribution < 1.29 is 9.28 Å². The molecular formula is C9H16NO+. The molecule has 0 N–H and O–H groups in total. The Kier molecular flexibility index (Phi) is 2.14. The van der Waals surface area contributed by atoms with Gasteiger partial charge in [0, 0.05) is 12.3 Å². The Bertz CT molecular complexity index is 188. The van der Waals surface area contributed by atoms with Crippen molar-refractivity contribution in [2.45, 2.75) is 12.8 Å². The van der Waals surface area contributed by atoms with Crippen molar-refractivity contribution in [2.24, 2.45) is 5.92 Å². The standard InChI is InChI=1S/C9H16NO/c1-10(2,3)9-5-4-8(6-9)7-11/h5,7-8H,4,6H2,1-3H3/q+1. The van der Waals surface area contributed by atoms with Gasteiger partial charge in [-0.15, -0.1) is 0 Å². The molecular weight excluding hydrogens is 138 g/mol. The quantitative estimate of drug-likeness (QED) is 0.431. The molecule has 2 heteroatoms. The summed E-state index contributed by atoms with van der Waals surface area (Å²) >= 11 is 0. The molecule has 62 valence electrons. The molecule has 0 aromatic heterocycles. The van der Waals surface area contributed by atoms with Crippen LogP contribution in [0.2, 0.25) is 0 Å². The Balaban J connectivity index is 2.59. The van der Waals surface area contributed by atoms with Crippen LogP contribution in [0.15, 0.2) is 11.8 Å². The van der Waals surface area contributed by atoms with E-state index < -0.39 is 0 Å². The highest BCUT2D eigenvalue weighted by molar-refractivity contribution is 5.55. The molecule has 0 spiro atoms. The van der Waals surface area contributed by atoms with Gasteiger partial charge in [0.2, 0.25) is 0 Å². The van der Waals surface area contributed by atoms with Crippen LogP contribution < -0.4 is 0 Å². The Morgan fingerprint density at radius 2 is 2.18 bits per heavy atom. The SMILES string of the molecule is C[N+](C)(C)C1=CCC(C=O)C1. The fraction of sp³-hybridized carbons (Fsp3) is 0.667. The lowest BCUT2D eigenvalue weighted by Crippen LogP contribution is -2.32. The van der Waals surface area contributed by atoms with E-state index >= 15 is 0 Å². The molecule has 1 atom stereocenters. The van der Waals surface area contributed by atoms with E-state index in [9.17, 15) is 4.79 Å². The number of hydrogen-bond acceptors (Lipinski definition) is 1. The largest absolute Gasteiger partial charge is 0.303 e. The Hall–Kier alpha value is -0.630. The van der Waals surface area contributed by atoms with Crippen molar-refractivity contribution in [3.05, 3.63) is 11.8 Å². The number of hydrogen-bond donors (Lipinski definition) is 0. The summed E-state index contributed by atoms with van der Waals surface area (Å²) < 4.78 is 0.865. The normalized spacial score (nSPS) is 25.0. The second kappa shape index (κ2) is 2.78. The van der Waals surface area contributed by atoms with Gasteiger partial charge in [-0.2, -0.15) is 0 Å². The van der Waals surface area contributed by atoms with Crippen molar-refractivity contribution in [2.75, 3.05) is 21.1 Å². The van der Waals surface area contributed by atoms with Crippen LogP contribution in [0.3, 0.4) is 0 Å². The minimum absolute atomic E-state index is 0.252. The molecule has 0 aromatic carbocycles. The summed E-state index contributed by atoms with van der Waals surface area (Å²) in [5.41, 5.74) is 1.38. The topological polar surface area (TPSA) is 17.1 Å². The van der Waals surface area contributed by atoms with Crippen molar-refractivity contribution in [3.8, 4) is 0 Å². The maximum Gasteiger partial charge on any atom is 0.123 e. The third kappa shape index (κ3) is 1.90. The van der Waals surface area contributed by atoms with Gasteiger partial charge in [-0.25, -0.2) is 0 Å². The van der Waals surface area contributed by atoms with Crippen LogP contribution in [0.5, 0.6) is 0 Å². The molecule has 1 rings (SSSR count). The maximum absolute atomic E-state index is 10.4. The van der Waals surface area contributed by atoms with E-state index in [1.165, 1.54) is 5.70 Å². The third-order valence-corrected chi connectivity index (χ3v) is 2.18. The lowest BCUT2D eigenvalue weighted by atomic mass is 10.1. The molecule has 0 aliphatic heterocycles. The van der Waals surface area contributed by atoms with Gasteiger partial charge in [0.25, 0.3) is 0 Å². The summed E-state index contributed by atoms with van der Waals surface area (Å²) in [7, 11) is 6.41. The van der Waals surface area contributed by atoms with Gasteiger partial charge in [0.15, 0.2) is 0 Å². The molecule has 1 unspecified atom stereocenters. The van der Waals surface area contributed by atoms with E-state index in [1.54, 1.807) is 0 Å². The minimum atomic E-state index is 0.252. The molecule has 1 aliphatic rings. The molecule has 0 heterocycles. The van der Waals surface area contributed by atoms with Crippen molar-refractivity contribution >= 4 is 6.29 Å². The van der Waals surface area contributed by atoms with E-state index in [-0.39, 0.29) is 5.92 Å². The molecule has 2 nitrogen and oxygen atoms in total. The number of carbonyl (C=O) groups is 1. The molecule has 0 amide bonds. The number of allylic oxidation sites excluding steroid dienone is 2. The molecule has 1 aliphatic carbocycles. The highest BCUT2D eigenvalue weighted by Gasteiger charge is 2.25. The predicted molar refractivity (Wildman–Crippen MR) is 44.9 cm³/mol. The number of rotatable bonds is 2. The van der Waals surface area contributed by atoms with Gasteiger partial charge < -0.3 is 9.28 Å². The first-order valence-electron chi connectivity index (χ1n) is 4.00. The summed E-state index contributed by atoms with van der Waals surface area (Å²) in [4.78, 5) is 10.4. The number of nitrogens with zero attached hydrogens (tertiary/aromatic N) is 1. The molecule has 0 fully saturated rings.